The number of aliphatic hydroxyl groups excluding tert-OH is 11. The van der Waals surface area contributed by atoms with E-state index in [0.717, 1.165) is 40.0 Å². The molecular weight excluding hydrogens is 1170 g/mol. The van der Waals surface area contributed by atoms with Crippen LogP contribution in [0.15, 0.2) is 36.4 Å². The van der Waals surface area contributed by atoms with Gasteiger partial charge >= 0.3 is 0 Å². The van der Waals surface area contributed by atoms with Crippen molar-refractivity contribution in [1.82, 2.24) is 26.6 Å². The second-order valence-electron chi connectivity index (χ2n) is 22.2. The molecule has 4 saturated heterocycles. The van der Waals surface area contributed by atoms with Crippen LogP contribution in [0.1, 0.15) is 104 Å². The maximum Gasteiger partial charge on any atom is 0.251 e. The van der Waals surface area contributed by atoms with Gasteiger partial charge in [0, 0.05) is 33.3 Å². The number of amides is 5. The van der Waals surface area contributed by atoms with Gasteiger partial charge in [0.2, 0.25) is 29.9 Å². The quantitative estimate of drug-likeness (QED) is 0.0179. The van der Waals surface area contributed by atoms with Gasteiger partial charge < -0.3 is 130 Å². The summed E-state index contributed by atoms with van der Waals surface area (Å²) in [4.78, 5) is 63.7. The van der Waals surface area contributed by atoms with Gasteiger partial charge in [0.05, 0.1) is 57.9 Å². The first-order valence-corrected chi connectivity index (χ1v) is 29.7. The second kappa shape index (κ2) is 36.4. The number of aliphatic hydroxyl groups is 11. The monoisotopic (exact) mass is 1260 g/mol. The third-order valence-electron chi connectivity index (χ3n) is 15.3. The van der Waals surface area contributed by atoms with E-state index in [4.69, 9.17) is 47.4 Å². The number of carbonyl (C=O) groups excluding carboxylic acids is 5. The van der Waals surface area contributed by atoms with Gasteiger partial charge in [0.15, 0.2) is 25.1 Å². The minimum atomic E-state index is -2.15. The molecule has 4 fully saturated rings. The van der Waals surface area contributed by atoms with E-state index in [1.54, 1.807) is 12.1 Å². The molecule has 31 heteroatoms. The van der Waals surface area contributed by atoms with E-state index >= 15 is 0 Å². The van der Waals surface area contributed by atoms with Gasteiger partial charge in [-0.1, -0.05) is 44.4 Å². The molecule has 0 radical (unpaired) electrons. The minimum Gasteiger partial charge on any atom is -0.494 e. The Balaban J connectivity index is 1.33. The van der Waals surface area contributed by atoms with Crippen molar-refractivity contribution in [1.29, 1.82) is 0 Å². The van der Waals surface area contributed by atoms with Crippen LogP contribution in [-0.2, 0) is 61.8 Å². The molecule has 0 bridgehead atoms. The van der Waals surface area contributed by atoms with Gasteiger partial charge in [-0.3, -0.25) is 24.0 Å². The highest BCUT2D eigenvalue weighted by Crippen LogP contribution is 2.34. The lowest BCUT2D eigenvalue weighted by Crippen LogP contribution is -2.69. The Morgan fingerprint density at radius 1 is 0.591 bits per heavy atom. The lowest BCUT2D eigenvalue weighted by molar-refractivity contribution is -0.350. The van der Waals surface area contributed by atoms with Crippen LogP contribution >= 0.6 is 0 Å². The third-order valence-corrected chi connectivity index (χ3v) is 15.3. The summed E-state index contributed by atoms with van der Waals surface area (Å²) < 4.78 is 60.1. The molecule has 0 aromatic heterocycles. The van der Waals surface area contributed by atoms with Gasteiger partial charge in [-0.2, -0.15) is 0 Å². The highest BCUT2D eigenvalue weighted by Gasteiger charge is 2.55. The van der Waals surface area contributed by atoms with Crippen molar-refractivity contribution in [2.24, 2.45) is 0 Å². The van der Waals surface area contributed by atoms with E-state index in [9.17, 15) is 80.1 Å². The molecule has 0 saturated carbocycles. The van der Waals surface area contributed by atoms with Crippen LogP contribution in [0.3, 0.4) is 0 Å². The molecule has 88 heavy (non-hydrogen) atoms. The Bertz CT molecular complexity index is 2350. The molecule has 0 spiro atoms. The number of ether oxygens (including phenoxy) is 10. The van der Waals surface area contributed by atoms with Gasteiger partial charge in [-0.25, -0.2) is 0 Å². The topological polar surface area (TPSA) is 460 Å². The van der Waals surface area contributed by atoms with E-state index in [2.05, 4.69) is 45.7 Å². The van der Waals surface area contributed by atoms with Crippen LogP contribution in [0.2, 0.25) is 0 Å². The molecule has 4 aliphatic heterocycles. The SMILES string of the molecule is CCCCCC/C=C\CCCOc1cccc(C(=O)NC2C(OC3C(O)C(NC(C)=O)[C@H](O[C@@H](C)C(CO)OC(OC4C(O)C(NC(C)=O)[C@H](OC5C(CO)OC(C)C(NC(C)=O)C5O)O[C@H]4CO)[C@H](O)NC(C)=O)O[C@H]3CO)OC(CO)C(O)C2O)c1. The summed E-state index contributed by atoms with van der Waals surface area (Å²) in [6, 6.07) is 0.188. The number of benzene rings is 1. The summed E-state index contributed by atoms with van der Waals surface area (Å²) in [7, 11) is 0. The van der Waals surface area contributed by atoms with Crippen molar-refractivity contribution in [3.8, 4) is 5.75 Å². The lowest BCUT2D eigenvalue weighted by atomic mass is 9.92. The molecule has 502 valence electrons. The Morgan fingerprint density at radius 3 is 1.67 bits per heavy atom. The van der Waals surface area contributed by atoms with Crippen molar-refractivity contribution in [3.05, 3.63) is 42.0 Å². The van der Waals surface area contributed by atoms with Crippen LogP contribution in [0.5, 0.6) is 5.75 Å². The molecule has 0 aliphatic carbocycles. The second-order valence-corrected chi connectivity index (χ2v) is 22.2. The van der Waals surface area contributed by atoms with Gasteiger partial charge in [0.1, 0.15) is 103 Å². The third kappa shape index (κ3) is 20.7. The first-order chi connectivity index (χ1) is 41.9. The summed E-state index contributed by atoms with van der Waals surface area (Å²) in [5.41, 5.74) is 0.0710. The molecule has 1 aromatic rings. The molecule has 16 N–H and O–H groups in total. The molecule has 5 amide bonds. The largest absolute Gasteiger partial charge is 0.494 e. The maximum absolute atomic E-state index is 13.9. The zero-order chi connectivity index (χ0) is 64.9. The zero-order valence-electron chi connectivity index (χ0n) is 50.6. The van der Waals surface area contributed by atoms with E-state index in [0.29, 0.717) is 18.8 Å². The Hall–Kier alpha value is -4.69. The molecular formula is C57H93N5O26. The summed E-state index contributed by atoms with van der Waals surface area (Å²) >= 11 is 0. The molecule has 5 rings (SSSR count). The number of carbonyl (C=O) groups is 5. The molecule has 1 aromatic carbocycles. The molecule has 24 atom stereocenters. The summed E-state index contributed by atoms with van der Waals surface area (Å²) in [5.74, 6) is -3.32. The summed E-state index contributed by atoms with van der Waals surface area (Å²) in [6.07, 6.45) is -22.3. The van der Waals surface area contributed by atoms with Crippen LogP contribution < -0.4 is 31.3 Å². The normalized spacial score (nSPS) is 34.0. The fraction of sp³-hybridized carbons (Fsp3) is 0.772. The number of nitrogens with one attached hydrogen (secondary N) is 5. The van der Waals surface area contributed by atoms with E-state index in [1.807, 2.05) is 0 Å². The van der Waals surface area contributed by atoms with E-state index < -0.39 is 210 Å². The minimum absolute atomic E-state index is 0.0710. The zero-order valence-corrected chi connectivity index (χ0v) is 50.6. The first-order valence-electron chi connectivity index (χ1n) is 29.7. The van der Waals surface area contributed by atoms with Crippen molar-refractivity contribution in [3.63, 3.8) is 0 Å². The molecule has 4 aliphatic rings. The van der Waals surface area contributed by atoms with E-state index in [1.165, 1.54) is 52.2 Å². The van der Waals surface area contributed by atoms with Crippen molar-refractivity contribution in [2.75, 3.05) is 39.6 Å². The molecule has 31 nitrogen and oxygen atoms in total. The highest BCUT2D eigenvalue weighted by molar-refractivity contribution is 5.94. The fourth-order valence-corrected chi connectivity index (χ4v) is 10.7. The van der Waals surface area contributed by atoms with Gasteiger partial charge in [-0.05, 0) is 57.7 Å². The summed E-state index contributed by atoms with van der Waals surface area (Å²) in [6.45, 7) is 5.24. The van der Waals surface area contributed by atoms with Gasteiger partial charge in [0.25, 0.3) is 5.91 Å². The Kier molecular flexibility index (Phi) is 30.6. The Labute approximate surface area is 510 Å². The number of rotatable bonds is 33. The number of hydrogen-bond donors (Lipinski definition) is 16. The van der Waals surface area contributed by atoms with Crippen LogP contribution in [0, 0.1) is 0 Å². The lowest BCUT2D eigenvalue weighted by Gasteiger charge is -2.49. The highest BCUT2D eigenvalue weighted by atomic mass is 16.8. The standard InChI is InChI=1S/C57H93N5O26/c1-8-9-10-11-12-13-14-15-16-20-79-34-19-17-18-33(21-34)52(77)62-41-45(73)44(72)36(23-64)83-55(41)87-50-38(25-66)84-54(42(47(50)75)59-30(5)69)81-27(2)35(22-63)82-57(53(78)61-32(7)71)88-51-39(26-67)85-56(43(48(51)76)60-31(6)70)86-49-37(24-65)80-28(3)40(46(49)74)58-29(4)68/h13-14,17-19,21,27-28,35-51,53-57,63-67,72-76,78H,8-12,15-16,20,22-26H2,1-7H3,(H,58,68)(H,59,69)(H,60,70)(H,61,71)(H,62,77)/b14-13-/t27-,28?,35?,36?,37?,38-,39-,40?,41?,42?,43?,44?,45?,46?,47?,48?,49?,50?,51?,53-,54+,55?,56-,57?/m0/s1. The average molecular weight is 1260 g/mol. The number of hydrogen-bond acceptors (Lipinski definition) is 26. The van der Waals surface area contributed by atoms with Gasteiger partial charge in [-0.15, -0.1) is 0 Å². The van der Waals surface area contributed by atoms with Crippen molar-refractivity contribution in [2.45, 2.75) is 241 Å². The summed E-state index contributed by atoms with van der Waals surface area (Å²) in [5, 5.41) is 134. The Morgan fingerprint density at radius 2 is 1.10 bits per heavy atom. The van der Waals surface area contributed by atoms with Crippen LogP contribution in [0.25, 0.3) is 0 Å². The maximum atomic E-state index is 13.9. The number of unbranched alkanes of at least 4 members (excludes halogenated alkanes) is 5. The predicted molar refractivity (Wildman–Crippen MR) is 303 cm³/mol. The first kappa shape index (κ1) is 74.0. The fourth-order valence-electron chi connectivity index (χ4n) is 10.7. The van der Waals surface area contributed by atoms with Crippen molar-refractivity contribution < 1.29 is 128 Å². The molecule has 4 heterocycles. The van der Waals surface area contributed by atoms with Crippen LogP contribution in [0.4, 0.5) is 0 Å². The predicted octanol–water partition coefficient (Wildman–Crippen LogP) is -4.56. The van der Waals surface area contributed by atoms with Crippen LogP contribution in [-0.4, -0.2) is 272 Å². The van der Waals surface area contributed by atoms with Crippen molar-refractivity contribution >= 4 is 29.5 Å². The van der Waals surface area contributed by atoms with E-state index in [-0.39, 0.29) is 5.56 Å². The number of allylic oxidation sites excluding steroid dienone is 2. The smallest absolute Gasteiger partial charge is 0.251 e. The average Bonchev–Trinajstić information content (AvgIpc) is 1.12. The molecule has 18 unspecified atom stereocenters.